The smallest absolute Gasteiger partial charge is 0.106 e. The number of hydrogen-bond donors (Lipinski definition) is 1. The number of rotatable bonds is 1. The molecule has 21 heavy (non-hydrogen) atoms. The zero-order valence-electron chi connectivity index (χ0n) is 12.4. The first-order chi connectivity index (χ1) is 10.2. The van der Waals surface area contributed by atoms with Gasteiger partial charge in [0, 0.05) is 29.4 Å². The highest BCUT2D eigenvalue weighted by Gasteiger charge is 2.40. The van der Waals surface area contributed by atoms with Crippen LogP contribution in [0.2, 0.25) is 0 Å². The van der Waals surface area contributed by atoms with E-state index in [1.807, 2.05) is 0 Å². The third-order valence-electron chi connectivity index (χ3n) is 4.53. The minimum atomic E-state index is -0.403. The molecule has 0 bridgehead atoms. The topological polar surface area (TPSA) is 23.5 Å². The quantitative estimate of drug-likeness (QED) is 0.859. The Morgan fingerprint density at radius 2 is 1.57 bits per heavy atom. The van der Waals surface area contributed by atoms with Gasteiger partial charge in [0.2, 0.25) is 0 Å². The Kier molecular flexibility index (Phi) is 2.69. The van der Waals surface area contributed by atoms with Crippen molar-refractivity contribution < 1.29 is 5.11 Å². The molecule has 0 amide bonds. The molecule has 2 heteroatoms. The largest absolute Gasteiger partial charge is 0.384 e. The Hall–Kier alpha value is -2.06. The maximum atomic E-state index is 10.4. The summed E-state index contributed by atoms with van der Waals surface area (Å²) in [5.74, 6) is 0. The van der Waals surface area contributed by atoms with E-state index in [9.17, 15) is 5.11 Å². The van der Waals surface area contributed by atoms with Crippen molar-refractivity contribution in [1.82, 2.24) is 0 Å². The highest BCUT2D eigenvalue weighted by molar-refractivity contribution is 6.15. The lowest BCUT2D eigenvalue weighted by Gasteiger charge is -2.32. The van der Waals surface area contributed by atoms with E-state index in [4.69, 9.17) is 0 Å². The average Bonchev–Trinajstić information content (AvgIpc) is 3.13. The molecule has 0 aromatic heterocycles. The number of hydrogen-bond acceptors (Lipinski definition) is 2. The van der Waals surface area contributed by atoms with E-state index in [1.165, 1.54) is 22.4 Å². The van der Waals surface area contributed by atoms with Gasteiger partial charge in [0.15, 0.2) is 0 Å². The van der Waals surface area contributed by atoms with E-state index in [2.05, 4.69) is 67.3 Å². The summed E-state index contributed by atoms with van der Waals surface area (Å²) < 4.78 is 0. The zero-order chi connectivity index (χ0) is 14.6. The molecule has 0 saturated heterocycles. The molecule has 0 spiro atoms. The summed E-state index contributed by atoms with van der Waals surface area (Å²) in [4.78, 5) is 2.42. The summed E-state index contributed by atoms with van der Waals surface area (Å²) in [6.07, 6.45) is -0.403. The molecule has 0 radical (unpaired) electrons. The van der Waals surface area contributed by atoms with Crippen molar-refractivity contribution in [1.29, 1.82) is 0 Å². The van der Waals surface area contributed by atoms with Gasteiger partial charge in [-0.1, -0.05) is 42.5 Å². The lowest BCUT2D eigenvalue weighted by atomic mass is 10.00. The Morgan fingerprint density at radius 3 is 2.33 bits per heavy atom. The van der Waals surface area contributed by atoms with Crippen LogP contribution < -0.4 is 4.90 Å². The maximum Gasteiger partial charge on any atom is 0.106 e. The van der Waals surface area contributed by atoms with Crippen LogP contribution in [-0.2, 0) is 6.54 Å². The van der Waals surface area contributed by atoms with Crippen LogP contribution in [0, 0.1) is 0 Å². The Morgan fingerprint density at radius 1 is 0.952 bits per heavy atom. The maximum absolute atomic E-state index is 10.4. The van der Waals surface area contributed by atoms with E-state index in [1.54, 1.807) is 0 Å². The van der Waals surface area contributed by atoms with Gasteiger partial charge < -0.3 is 10.0 Å². The first-order valence-corrected chi connectivity index (χ1v) is 7.55. The molecule has 2 nitrogen and oxygen atoms in total. The summed E-state index contributed by atoms with van der Waals surface area (Å²) >= 11 is 0. The molecule has 1 atom stereocenters. The van der Waals surface area contributed by atoms with Crippen molar-refractivity contribution in [3.8, 4) is 0 Å². The van der Waals surface area contributed by atoms with Gasteiger partial charge in [-0.3, -0.25) is 0 Å². The van der Waals surface area contributed by atoms with Gasteiger partial charge in [-0.15, -0.1) is 0 Å². The second kappa shape index (κ2) is 4.47. The third-order valence-corrected chi connectivity index (χ3v) is 4.53. The fourth-order valence-corrected chi connectivity index (χ4v) is 3.40. The molecule has 1 N–H and O–H groups in total. The van der Waals surface area contributed by atoms with Crippen LogP contribution in [0.1, 0.15) is 30.5 Å². The number of anilines is 1. The molecule has 2 aromatic rings. The average molecular weight is 277 g/mol. The van der Waals surface area contributed by atoms with Crippen LogP contribution >= 0.6 is 0 Å². The Labute approximate surface area is 125 Å². The first-order valence-electron chi connectivity index (χ1n) is 7.55. The highest BCUT2D eigenvalue weighted by Crippen LogP contribution is 2.52. The molecule has 1 aliphatic carbocycles. The molecular formula is C19H19NO. The van der Waals surface area contributed by atoms with Gasteiger partial charge in [0.25, 0.3) is 0 Å². The van der Waals surface area contributed by atoms with E-state index in [-0.39, 0.29) is 0 Å². The molecule has 0 saturated carbocycles. The van der Waals surface area contributed by atoms with Crippen molar-refractivity contribution >= 4 is 16.8 Å². The highest BCUT2D eigenvalue weighted by atomic mass is 16.3. The predicted molar refractivity (Wildman–Crippen MR) is 87.0 cm³/mol. The van der Waals surface area contributed by atoms with Gasteiger partial charge in [-0.25, -0.2) is 0 Å². The number of nitrogens with zero attached hydrogens (tertiary/aromatic N) is 1. The number of aliphatic hydroxyl groups is 1. The molecule has 0 fully saturated rings. The van der Waals surface area contributed by atoms with E-state index in [0.29, 0.717) is 6.04 Å². The lowest BCUT2D eigenvalue weighted by Crippen LogP contribution is -2.31. The second-order valence-corrected chi connectivity index (χ2v) is 6.13. The normalized spacial score (nSPS) is 19.6. The monoisotopic (exact) mass is 277 g/mol. The SMILES string of the molecule is CC(C)N1Cc2ccccc2C2=C(c3ccccc31)C2O. The Balaban J connectivity index is 1.98. The molecule has 2 aliphatic rings. The van der Waals surface area contributed by atoms with Crippen molar-refractivity contribution in [3.05, 3.63) is 65.2 Å². The zero-order valence-corrected chi connectivity index (χ0v) is 12.4. The van der Waals surface area contributed by atoms with Gasteiger partial charge in [-0.2, -0.15) is 0 Å². The standard InChI is InChI=1S/C19H19NO/c1-12(2)20-11-13-7-3-4-8-14(13)17-18(19(17)21)15-9-5-6-10-16(15)20/h3-10,12,19,21H,11H2,1-2H3. The van der Waals surface area contributed by atoms with Crippen molar-refractivity contribution in [3.63, 3.8) is 0 Å². The predicted octanol–water partition coefficient (Wildman–Crippen LogP) is 3.70. The van der Waals surface area contributed by atoms with E-state index >= 15 is 0 Å². The summed E-state index contributed by atoms with van der Waals surface area (Å²) in [7, 11) is 0. The number of aliphatic hydroxyl groups excluding tert-OH is 1. The van der Waals surface area contributed by atoms with Crippen molar-refractivity contribution in [2.24, 2.45) is 0 Å². The number of fused-ring (bicyclic) bond motifs is 4. The molecule has 2 aromatic carbocycles. The van der Waals surface area contributed by atoms with Gasteiger partial charge in [-0.05, 0) is 36.6 Å². The van der Waals surface area contributed by atoms with Crippen LogP contribution in [0.4, 0.5) is 5.69 Å². The molecule has 1 unspecified atom stereocenters. The van der Waals surface area contributed by atoms with E-state index < -0.39 is 6.10 Å². The molecular weight excluding hydrogens is 258 g/mol. The third kappa shape index (κ3) is 1.83. The lowest BCUT2D eigenvalue weighted by molar-refractivity contribution is 0.313. The van der Waals surface area contributed by atoms with Crippen LogP contribution in [0.15, 0.2) is 48.5 Å². The van der Waals surface area contributed by atoms with Crippen molar-refractivity contribution in [2.75, 3.05) is 4.90 Å². The first kappa shape index (κ1) is 12.7. The minimum Gasteiger partial charge on any atom is -0.384 e. The van der Waals surface area contributed by atoms with Crippen LogP contribution in [0.3, 0.4) is 0 Å². The van der Waals surface area contributed by atoms with Crippen LogP contribution in [-0.4, -0.2) is 17.3 Å². The Bertz CT molecular complexity index is 745. The fraction of sp³-hybridized carbons (Fsp3) is 0.263. The molecule has 1 aliphatic heterocycles. The molecule has 4 rings (SSSR count). The summed E-state index contributed by atoms with van der Waals surface area (Å²) in [6, 6.07) is 17.3. The van der Waals surface area contributed by atoms with Gasteiger partial charge in [0.05, 0.1) is 0 Å². The fourth-order valence-electron chi connectivity index (χ4n) is 3.40. The second-order valence-electron chi connectivity index (χ2n) is 6.13. The number of para-hydroxylation sites is 1. The van der Waals surface area contributed by atoms with Crippen LogP contribution in [0.5, 0.6) is 0 Å². The summed E-state index contributed by atoms with van der Waals surface area (Å²) in [5, 5.41) is 10.4. The minimum absolute atomic E-state index is 0.403. The van der Waals surface area contributed by atoms with Gasteiger partial charge >= 0.3 is 0 Å². The van der Waals surface area contributed by atoms with Crippen LogP contribution in [0.25, 0.3) is 11.1 Å². The van der Waals surface area contributed by atoms with E-state index in [0.717, 1.165) is 17.7 Å². The number of benzene rings is 2. The molecule has 106 valence electrons. The van der Waals surface area contributed by atoms with Crippen molar-refractivity contribution in [2.45, 2.75) is 32.5 Å². The molecule has 1 heterocycles. The summed E-state index contributed by atoms with van der Waals surface area (Å²) in [6.45, 7) is 5.33. The van der Waals surface area contributed by atoms with Gasteiger partial charge in [0.1, 0.15) is 6.10 Å². The summed E-state index contributed by atoms with van der Waals surface area (Å²) in [5.41, 5.74) is 7.13.